The van der Waals surface area contributed by atoms with Crippen molar-refractivity contribution in [1.82, 2.24) is 20.3 Å². The highest BCUT2D eigenvalue weighted by atomic mass is 16.3. The fraction of sp³-hybridized carbons (Fsp3) is 0.0714. The third kappa shape index (κ3) is 5.08. The molecule has 0 aliphatic heterocycles. The first-order valence-electron chi connectivity index (χ1n) is 11.6. The second kappa shape index (κ2) is 10.4. The lowest BCUT2D eigenvalue weighted by molar-refractivity contribution is -0.128. The number of anilines is 1. The number of nitrogens with two attached hydrogens (primary N) is 1. The SMILES string of the molecule is NN(C(=O)C(O)C(NC(=O)c1ccc(-c2cccnc2)cc1)c1ccccc1)c1ccc2nc[nH]c2c1. The van der Waals surface area contributed by atoms with Gasteiger partial charge in [-0.25, -0.2) is 15.8 Å². The lowest BCUT2D eigenvalue weighted by Gasteiger charge is -2.27. The Morgan fingerprint density at radius 1 is 0.946 bits per heavy atom. The van der Waals surface area contributed by atoms with Crippen molar-refractivity contribution in [3.63, 3.8) is 0 Å². The minimum Gasteiger partial charge on any atom is -0.381 e. The Labute approximate surface area is 212 Å². The van der Waals surface area contributed by atoms with Crippen LogP contribution in [0.15, 0.2) is 104 Å². The van der Waals surface area contributed by atoms with E-state index in [-0.39, 0.29) is 0 Å². The number of rotatable bonds is 7. The average molecular weight is 493 g/mol. The first-order chi connectivity index (χ1) is 18.0. The van der Waals surface area contributed by atoms with Gasteiger partial charge in [0.05, 0.1) is 29.1 Å². The number of nitrogens with zero attached hydrogens (tertiary/aromatic N) is 3. The zero-order valence-corrected chi connectivity index (χ0v) is 19.7. The van der Waals surface area contributed by atoms with E-state index in [0.29, 0.717) is 27.8 Å². The van der Waals surface area contributed by atoms with E-state index in [1.807, 2.05) is 30.3 Å². The number of benzene rings is 3. The van der Waals surface area contributed by atoms with E-state index >= 15 is 0 Å². The van der Waals surface area contributed by atoms with E-state index in [1.165, 1.54) is 6.33 Å². The average Bonchev–Trinajstić information content (AvgIpc) is 3.44. The first kappa shape index (κ1) is 23.9. The first-order valence-corrected chi connectivity index (χ1v) is 11.6. The Hall–Kier alpha value is -4.86. The number of hydrazine groups is 1. The normalized spacial score (nSPS) is 12.6. The van der Waals surface area contributed by atoms with Gasteiger partial charge in [0.1, 0.15) is 0 Å². The number of aromatic amines is 1. The molecule has 0 aliphatic rings. The molecule has 0 radical (unpaired) electrons. The van der Waals surface area contributed by atoms with Crippen LogP contribution in [0, 0.1) is 0 Å². The number of hydrogen-bond donors (Lipinski definition) is 4. The van der Waals surface area contributed by atoms with Crippen LogP contribution in [0.2, 0.25) is 0 Å². The molecule has 184 valence electrons. The lowest BCUT2D eigenvalue weighted by Crippen LogP contribution is -2.50. The Bertz CT molecular complexity index is 1520. The molecule has 2 atom stereocenters. The summed E-state index contributed by atoms with van der Waals surface area (Å²) in [5, 5.41) is 14.8. The highest BCUT2D eigenvalue weighted by Crippen LogP contribution is 2.24. The van der Waals surface area contributed by atoms with Gasteiger partial charge in [-0.2, -0.15) is 0 Å². The Morgan fingerprint density at radius 2 is 1.73 bits per heavy atom. The molecule has 5 rings (SSSR count). The van der Waals surface area contributed by atoms with Crippen LogP contribution in [0.4, 0.5) is 5.69 Å². The second-order valence-corrected chi connectivity index (χ2v) is 8.44. The summed E-state index contributed by atoms with van der Waals surface area (Å²) in [6.07, 6.45) is 3.32. The number of H-pyrrole nitrogens is 1. The third-order valence-electron chi connectivity index (χ3n) is 6.08. The zero-order chi connectivity index (χ0) is 25.8. The van der Waals surface area contributed by atoms with Gasteiger partial charge in [-0.05, 0) is 53.1 Å². The summed E-state index contributed by atoms with van der Waals surface area (Å²) >= 11 is 0. The van der Waals surface area contributed by atoms with Crippen LogP contribution in [0.1, 0.15) is 22.0 Å². The number of pyridine rings is 1. The van der Waals surface area contributed by atoms with Crippen molar-refractivity contribution < 1.29 is 14.7 Å². The molecule has 0 saturated carbocycles. The van der Waals surface area contributed by atoms with Crippen molar-refractivity contribution in [1.29, 1.82) is 0 Å². The lowest BCUT2D eigenvalue weighted by atomic mass is 9.99. The van der Waals surface area contributed by atoms with Gasteiger partial charge in [0.15, 0.2) is 6.10 Å². The minimum atomic E-state index is -1.65. The van der Waals surface area contributed by atoms with Crippen LogP contribution in [-0.2, 0) is 4.79 Å². The molecule has 0 saturated heterocycles. The van der Waals surface area contributed by atoms with Gasteiger partial charge in [-0.15, -0.1) is 0 Å². The molecule has 0 bridgehead atoms. The molecule has 9 heteroatoms. The van der Waals surface area contributed by atoms with Crippen molar-refractivity contribution in [3.05, 3.63) is 115 Å². The monoisotopic (exact) mass is 492 g/mol. The Kier molecular flexibility index (Phi) is 6.71. The molecule has 2 unspecified atom stereocenters. The molecule has 3 aromatic carbocycles. The number of carbonyl (C=O) groups excluding carboxylic acids is 2. The summed E-state index contributed by atoms with van der Waals surface area (Å²) in [7, 11) is 0. The molecule has 0 aliphatic carbocycles. The highest BCUT2D eigenvalue weighted by Gasteiger charge is 2.32. The van der Waals surface area contributed by atoms with Gasteiger partial charge < -0.3 is 15.4 Å². The zero-order valence-electron chi connectivity index (χ0n) is 19.7. The quantitative estimate of drug-likeness (QED) is 0.156. The molecule has 2 amide bonds. The number of imidazole rings is 1. The van der Waals surface area contributed by atoms with Crippen LogP contribution >= 0.6 is 0 Å². The molecule has 5 aromatic rings. The molecule has 0 fully saturated rings. The van der Waals surface area contributed by atoms with E-state index in [0.717, 1.165) is 16.1 Å². The minimum absolute atomic E-state index is 0.366. The van der Waals surface area contributed by atoms with Crippen molar-refractivity contribution in [3.8, 4) is 11.1 Å². The summed E-state index contributed by atoms with van der Waals surface area (Å²) in [5.41, 5.74) is 4.54. The van der Waals surface area contributed by atoms with E-state index in [1.54, 1.807) is 67.0 Å². The largest absolute Gasteiger partial charge is 0.381 e. The summed E-state index contributed by atoms with van der Waals surface area (Å²) in [5.74, 6) is 4.88. The van der Waals surface area contributed by atoms with Crippen LogP contribution < -0.4 is 16.2 Å². The van der Waals surface area contributed by atoms with Crippen LogP contribution in [0.25, 0.3) is 22.2 Å². The van der Waals surface area contributed by atoms with Crippen LogP contribution in [0.3, 0.4) is 0 Å². The molecule has 5 N–H and O–H groups in total. The fourth-order valence-corrected chi connectivity index (χ4v) is 4.06. The van der Waals surface area contributed by atoms with E-state index < -0.39 is 24.0 Å². The third-order valence-corrected chi connectivity index (χ3v) is 6.08. The van der Waals surface area contributed by atoms with Gasteiger partial charge >= 0.3 is 0 Å². The molecular formula is C28H24N6O3. The van der Waals surface area contributed by atoms with Gasteiger partial charge in [-0.1, -0.05) is 48.5 Å². The number of hydrogen-bond acceptors (Lipinski definition) is 6. The topological polar surface area (TPSA) is 137 Å². The van der Waals surface area contributed by atoms with E-state index in [4.69, 9.17) is 5.84 Å². The highest BCUT2D eigenvalue weighted by molar-refractivity contribution is 5.99. The molecule has 37 heavy (non-hydrogen) atoms. The molecule has 0 spiro atoms. The summed E-state index contributed by atoms with van der Waals surface area (Å²) in [4.78, 5) is 37.6. The fourth-order valence-electron chi connectivity index (χ4n) is 4.06. The van der Waals surface area contributed by atoms with Crippen molar-refractivity contribution in [2.24, 2.45) is 5.84 Å². The predicted octanol–water partition coefficient (Wildman–Crippen LogP) is 3.36. The molecular weight excluding hydrogens is 468 g/mol. The number of carbonyl (C=O) groups is 2. The van der Waals surface area contributed by atoms with Gasteiger partial charge in [0.25, 0.3) is 11.8 Å². The molecule has 2 heterocycles. The molecule has 9 nitrogen and oxygen atoms in total. The number of aliphatic hydroxyl groups is 1. The van der Waals surface area contributed by atoms with Crippen molar-refractivity contribution in [2.75, 3.05) is 5.01 Å². The smallest absolute Gasteiger partial charge is 0.272 e. The van der Waals surface area contributed by atoms with Gasteiger partial charge in [0.2, 0.25) is 0 Å². The standard InChI is InChI=1S/C28H24N6O3/c29-34(22-12-13-23-24(15-22)32-17-31-23)28(37)26(35)25(19-5-2-1-3-6-19)33-27(36)20-10-8-18(9-11-20)21-7-4-14-30-16-21/h1-17,25-26,35H,29H2,(H,31,32)(H,33,36). The van der Waals surface area contributed by atoms with Crippen molar-refractivity contribution >= 4 is 28.5 Å². The van der Waals surface area contributed by atoms with Crippen LogP contribution in [-0.4, -0.2) is 38.0 Å². The van der Waals surface area contributed by atoms with E-state index in [2.05, 4.69) is 20.3 Å². The summed E-state index contributed by atoms with van der Waals surface area (Å²) in [6.45, 7) is 0. The van der Waals surface area contributed by atoms with Gasteiger partial charge in [-0.3, -0.25) is 14.6 Å². The summed E-state index contributed by atoms with van der Waals surface area (Å²) < 4.78 is 0. The number of nitrogens with one attached hydrogen (secondary N) is 2. The van der Waals surface area contributed by atoms with E-state index in [9.17, 15) is 14.7 Å². The Balaban J connectivity index is 1.37. The number of amides is 2. The number of fused-ring (bicyclic) bond motifs is 1. The number of aliphatic hydroxyl groups excluding tert-OH is 1. The second-order valence-electron chi connectivity index (χ2n) is 8.44. The maximum atomic E-state index is 13.2. The Morgan fingerprint density at radius 3 is 2.46 bits per heavy atom. The molecule has 2 aromatic heterocycles. The summed E-state index contributed by atoms with van der Waals surface area (Å²) in [6, 6.07) is 23.5. The van der Waals surface area contributed by atoms with Gasteiger partial charge in [0, 0.05) is 18.0 Å². The number of aromatic nitrogens is 3. The predicted molar refractivity (Wildman–Crippen MR) is 140 cm³/mol. The maximum absolute atomic E-state index is 13.2. The van der Waals surface area contributed by atoms with Crippen molar-refractivity contribution in [2.45, 2.75) is 12.1 Å². The van der Waals surface area contributed by atoms with Crippen LogP contribution in [0.5, 0.6) is 0 Å². The maximum Gasteiger partial charge on any atom is 0.272 e.